The van der Waals surface area contributed by atoms with E-state index in [1.807, 2.05) is 0 Å². The number of allylic oxidation sites excluding steroid dienone is 12. The third-order valence-corrected chi connectivity index (χ3v) is 9.58. The number of esters is 2. The molecule has 326 valence electrons. The Kier molecular flexibility index (Phi) is 37.3. The molecule has 0 aromatic heterocycles. The van der Waals surface area contributed by atoms with Gasteiger partial charge in [-0.15, -0.1) is 0 Å². The lowest BCUT2D eigenvalue weighted by Crippen LogP contribution is -2.55. The highest BCUT2D eigenvalue weighted by molar-refractivity contribution is 5.70. The minimum absolute atomic E-state index is 0.0249. The molecule has 0 heterocycles. The molecule has 0 aliphatic rings. The third-order valence-electron chi connectivity index (χ3n) is 9.58. The molecule has 8 heteroatoms. The van der Waals surface area contributed by atoms with Crippen molar-refractivity contribution in [1.82, 2.24) is 0 Å². The number of carboxylic acids is 1. The quantitative estimate of drug-likeness (QED) is 0.0264. The van der Waals surface area contributed by atoms with Gasteiger partial charge in [-0.3, -0.25) is 9.59 Å². The summed E-state index contributed by atoms with van der Waals surface area (Å²) in [6.45, 7) is 4.47. The summed E-state index contributed by atoms with van der Waals surface area (Å²) in [6, 6.07) is -0.734. The van der Waals surface area contributed by atoms with Crippen LogP contribution in [0.25, 0.3) is 0 Å². The fraction of sp³-hybridized carbons (Fsp3) is 0.694. The Bertz CT molecular complexity index is 1160. The van der Waals surface area contributed by atoms with E-state index >= 15 is 0 Å². The predicted octanol–water partition coefficient (Wildman–Crippen LogP) is 11.0. The maximum Gasteiger partial charge on any atom is 0.306 e. The van der Waals surface area contributed by atoms with E-state index in [9.17, 15) is 19.5 Å². The minimum atomic E-state index is -1.13. The van der Waals surface area contributed by atoms with Crippen LogP contribution in [0.15, 0.2) is 72.9 Å². The van der Waals surface area contributed by atoms with E-state index in [-0.39, 0.29) is 42.7 Å². The molecule has 0 aromatic carbocycles. The van der Waals surface area contributed by atoms with Gasteiger partial charge in [-0.2, -0.15) is 0 Å². The first-order valence-corrected chi connectivity index (χ1v) is 22.5. The van der Waals surface area contributed by atoms with Gasteiger partial charge in [-0.05, 0) is 83.5 Å². The minimum Gasteiger partial charge on any atom is -0.544 e. The molecule has 0 aliphatic carbocycles. The normalized spacial score (nSPS) is 13.6. The fourth-order valence-corrected chi connectivity index (χ4v) is 6.09. The molecule has 0 saturated carbocycles. The number of nitrogens with zero attached hydrogens (tertiary/aromatic N) is 1. The molecule has 57 heavy (non-hydrogen) atoms. The van der Waals surface area contributed by atoms with Gasteiger partial charge in [0.05, 0.1) is 40.3 Å². The highest BCUT2D eigenvalue weighted by Gasteiger charge is 2.25. The summed E-state index contributed by atoms with van der Waals surface area (Å²) in [4.78, 5) is 36.8. The molecule has 0 aromatic rings. The molecular weight excluding hydrogens is 715 g/mol. The van der Waals surface area contributed by atoms with Crippen molar-refractivity contribution in [2.45, 2.75) is 180 Å². The summed E-state index contributed by atoms with van der Waals surface area (Å²) in [5, 5.41) is 11.6. The van der Waals surface area contributed by atoms with Gasteiger partial charge in [-0.25, -0.2) is 0 Å². The molecule has 0 rings (SSSR count). The molecule has 0 spiro atoms. The summed E-state index contributed by atoms with van der Waals surface area (Å²) in [5.74, 6) is -1.79. The van der Waals surface area contributed by atoms with Crippen molar-refractivity contribution in [1.29, 1.82) is 0 Å². The van der Waals surface area contributed by atoms with Crippen LogP contribution in [0.4, 0.5) is 0 Å². The van der Waals surface area contributed by atoms with Crippen molar-refractivity contribution < 1.29 is 38.2 Å². The third kappa shape index (κ3) is 38.1. The Morgan fingerprint density at radius 3 is 1.46 bits per heavy atom. The number of quaternary nitrogens is 1. The number of carboxylic acid groups (broad SMARTS) is 1. The number of hydrogen-bond donors (Lipinski definition) is 0. The van der Waals surface area contributed by atoms with Gasteiger partial charge in [0.25, 0.3) is 0 Å². The summed E-state index contributed by atoms with van der Waals surface area (Å²) in [6.07, 6.45) is 49.3. The molecular formula is C49H83NO7. The second kappa shape index (κ2) is 39.6. The predicted molar refractivity (Wildman–Crippen MR) is 235 cm³/mol. The Morgan fingerprint density at radius 2 is 0.982 bits per heavy atom. The van der Waals surface area contributed by atoms with Crippen LogP contribution in [0.5, 0.6) is 0 Å². The zero-order chi connectivity index (χ0) is 42.1. The van der Waals surface area contributed by atoms with Gasteiger partial charge in [0.2, 0.25) is 0 Å². The van der Waals surface area contributed by atoms with Gasteiger partial charge in [0, 0.05) is 19.3 Å². The van der Waals surface area contributed by atoms with E-state index in [1.54, 1.807) is 21.1 Å². The van der Waals surface area contributed by atoms with Crippen LogP contribution in [0.1, 0.15) is 168 Å². The summed E-state index contributed by atoms with van der Waals surface area (Å²) in [7, 11) is 5.39. The van der Waals surface area contributed by atoms with Crippen molar-refractivity contribution in [2.75, 3.05) is 41.0 Å². The Morgan fingerprint density at radius 1 is 0.544 bits per heavy atom. The monoisotopic (exact) mass is 798 g/mol. The van der Waals surface area contributed by atoms with E-state index in [1.165, 1.54) is 25.7 Å². The van der Waals surface area contributed by atoms with Crippen molar-refractivity contribution in [3.63, 3.8) is 0 Å². The number of rotatable bonds is 39. The number of ether oxygens (including phenoxy) is 3. The van der Waals surface area contributed by atoms with Crippen molar-refractivity contribution in [2.24, 2.45) is 0 Å². The van der Waals surface area contributed by atoms with Crippen molar-refractivity contribution in [3.05, 3.63) is 72.9 Å². The second-order valence-corrected chi connectivity index (χ2v) is 15.9. The zero-order valence-electron chi connectivity index (χ0n) is 37.0. The lowest BCUT2D eigenvalue weighted by atomic mass is 10.1. The molecule has 2 unspecified atom stereocenters. The van der Waals surface area contributed by atoms with Crippen LogP contribution in [0.2, 0.25) is 0 Å². The zero-order valence-corrected chi connectivity index (χ0v) is 37.0. The molecule has 0 N–H and O–H groups in total. The maximum absolute atomic E-state index is 12.7. The van der Waals surface area contributed by atoms with E-state index in [0.717, 1.165) is 109 Å². The molecule has 0 amide bonds. The van der Waals surface area contributed by atoms with E-state index in [4.69, 9.17) is 14.2 Å². The summed E-state index contributed by atoms with van der Waals surface area (Å²) < 4.78 is 17.1. The second-order valence-electron chi connectivity index (χ2n) is 15.9. The smallest absolute Gasteiger partial charge is 0.306 e. The van der Waals surface area contributed by atoms with Crippen LogP contribution >= 0.6 is 0 Å². The average Bonchev–Trinajstić information content (AvgIpc) is 3.17. The van der Waals surface area contributed by atoms with Gasteiger partial charge in [0.1, 0.15) is 12.6 Å². The van der Waals surface area contributed by atoms with Gasteiger partial charge in [0.15, 0.2) is 6.10 Å². The van der Waals surface area contributed by atoms with Crippen LogP contribution in [-0.2, 0) is 28.6 Å². The first-order chi connectivity index (χ1) is 27.6. The lowest BCUT2D eigenvalue weighted by Gasteiger charge is -2.34. The Labute approximate surface area is 349 Å². The SMILES string of the molecule is CC/C=C/C/C=C/CCCCCCCC(=O)OC(COCCC(C(=O)[O-])[N+](C)(C)C)COC(=O)CCCCCCC/C=C/C/C=C/C/C=C/C/C=C/CCCCC. The molecule has 8 nitrogen and oxygen atoms in total. The number of carbonyl (C=O) groups is 3. The Hall–Kier alpha value is -3.23. The molecule has 0 aliphatic heterocycles. The first kappa shape index (κ1) is 53.8. The number of aliphatic carboxylic acids is 1. The van der Waals surface area contributed by atoms with E-state index in [0.29, 0.717) is 12.8 Å². The molecule has 0 saturated heterocycles. The maximum atomic E-state index is 12.7. The number of hydrogen-bond acceptors (Lipinski definition) is 7. The summed E-state index contributed by atoms with van der Waals surface area (Å²) in [5.41, 5.74) is 0. The molecule has 0 fully saturated rings. The first-order valence-electron chi connectivity index (χ1n) is 22.5. The average molecular weight is 798 g/mol. The fourth-order valence-electron chi connectivity index (χ4n) is 6.09. The van der Waals surface area contributed by atoms with E-state index in [2.05, 4.69) is 86.8 Å². The number of unbranched alkanes of at least 4 members (excludes halogenated alkanes) is 13. The molecule has 2 atom stereocenters. The Balaban J connectivity index is 4.35. The molecule has 0 radical (unpaired) electrons. The van der Waals surface area contributed by atoms with Crippen LogP contribution in [-0.4, -0.2) is 75.5 Å². The molecule has 0 bridgehead atoms. The van der Waals surface area contributed by atoms with Crippen molar-refractivity contribution in [3.8, 4) is 0 Å². The van der Waals surface area contributed by atoms with Gasteiger partial charge < -0.3 is 28.6 Å². The standard InChI is InChI=1S/C49H83NO7/c1-6-8-10-12-14-16-18-20-21-22-23-24-25-26-27-28-30-31-33-35-37-39-47(51)56-44-45(43-55-42-41-46(49(53)54)50(3,4)5)57-48(52)40-38-36-34-32-29-19-17-15-13-11-9-7-2/h9,11,14-17,20-21,23-24,26-27,45-46H,6-8,10,12-13,18-19,22,25,28-44H2,1-5H3/b11-9+,16-14+,17-15+,21-20+,24-23+,27-26+. The number of carbonyl (C=O) groups excluding carboxylic acids is 3. The van der Waals surface area contributed by atoms with Gasteiger partial charge >= 0.3 is 11.9 Å². The van der Waals surface area contributed by atoms with Crippen LogP contribution in [0.3, 0.4) is 0 Å². The number of likely N-dealkylation sites (N-methyl/N-ethyl adjacent to an activating group) is 1. The van der Waals surface area contributed by atoms with Crippen LogP contribution < -0.4 is 5.11 Å². The highest BCUT2D eigenvalue weighted by Crippen LogP contribution is 2.13. The van der Waals surface area contributed by atoms with E-state index < -0.39 is 18.1 Å². The van der Waals surface area contributed by atoms with Crippen LogP contribution in [0, 0.1) is 0 Å². The summed E-state index contributed by atoms with van der Waals surface area (Å²) >= 11 is 0. The largest absolute Gasteiger partial charge is 0.544 e. The lowest BCUT2D eigenvalue weighted by molar-refractivity contribution is -0.889. The van der Waals surface area contributed by atoms with Crippen molar-refractivity contribution >= 4 is 17.9 Å². The highest BCUT2D eigenvalue weighted by atomic mass is 16.6. The topological polar surface area (TPSA) is 102 Å². The van der Waals surface area contributed by atoms with Gasteiger partial charge in [-0.1, -0.05) is 138 Å².